The minimum Gasteiger partial charge on any atom is -0.507 e. The molecular weight excluding hydrogens is 491 g/mol. The van der Waals surface area contributed by atoms with Gasteiger partial charge in [0.15, 0.2) is 0 Å². The second-order valence-corrected chi connectivity index (χ2v) is 9.49. The molecule has 0 aromatic heterocycles. The molecule has 0 aliphatic carbocycles. The molecule has 4 rings (SSSR count). The van der Waals surface area contributed by atoms with E-state index in [9.17, 15) is 14.7 Å². The molecule has 0 bridgehead atoms. The van der Waals surface area contributed by atoms with Crippen molar-refractivity contribution in [3.63, 3.8) is 0 Å². The fourth-order valence-corrected chi connectivity index (χ4v) is 5.14. The SMILES string of the molecule is COc1ccc(C(O)=C2C(=O)C(=O)N(CCCN3CCOCC3)[C@H]2c2ccc(Cl)cc2Cl)cc1C. The van der Waals surface area contributed by atoms with Crippen LogP contribution < -0.4 is 4.74 Å². The molecule has 0 unspecified atom stereocenters. The predicted molar refractivity (Wildman–Crippen MR) is 135 cm³/mol. The first-order chi connectivity index (χ1) is 16.8. The number of likely N-dealkylation sites (tertiary alicyclic amines) is 1. The summed E-state index contributed by atoms with van der Waals surface area (Å²) < 4.78 is 10.7. The van der Waals surface area contributed by atoms with E-state index in [1.54, 1.807) is 43.5 Å². The number of carbonyl (C=O) groups is 2. The van der Waals surface area contributed by atoms with E-state index in [2.05, 4.69) is 4.90 Å². The Labute approximate surface area is 214 Å². The van der Waals surface area contributed by atoms with Gasteiger partial charge < -0.3 is 19.5 Å². The molecular formula is C26H28Cl2N2O5. The topological polar surface area (TPSA) is 79.3 Å². The fourth-order valence-electron chi connectivity index (χ4n) is 4.63. The molecule has 186 valence electrons. The number of aliphatic hydroxyl groups is 1. The lowest BCUT2D eigenvalue weighted by Crippen LogP contribution is -2.39. The Balaban J connectivity index is 1.72. The predicted octanol–water partition coefficient (Wildman–Crippen LogP) is 4.45. The molecule has 2 aromatic rings. The molecule has 2 aromatic carbocycles. The van der Waals surface area contributed by atoms with Gasteiger partial charge in [0.1, 0.15) is 11.5 Å². The van der Waals surface area contributed by atoms with Gasteiger partial charge in [-0.2, -0.15) is 0 Å². The number of hydrogen-bond donors (Lipinski definition) is 1. The molecule has 9 heteroatoms. The van der Waals surface area contributed by atoms with E-state index in [0.717, 1.165) is 25.2 Å². The number of hydrogen-bond acceptors (Lipinski definition) is 6. The first-order valence-electron chi connectivity index (χ1n) is 11.5. The quantitative estimate of drug-likeness (QED) is 0.331. The van der Waals surface area contributed by atoms with Crippen LogP contribution in [0.3, 0.4) is 0 Å². The highest BCUT2D eigenvalue weighted by Crippen LogP contribution is 2.42. The summed E-state index contributed by atoms with van der Waals surface area (Å²) in [7, 11) is 1.56. The first-order valence-corrected chi connectivity index (χ1v) is 12.3. The number of ketones is 1. The number of aryl methyl sites for hydroxylation is 1. The zero-order valence-electron chi connectivity index (χ0n) is 19.7. The van der Waals surface area contributed by atoms with Crippen LogP contribution in [0.4, 0.5) is 0 Å². The fraction of sp³-hybridized carbons (Fsp3) is 0.385. The van der Waals surface area contributed by atoms with Crippen molar-refractivity contribution in [2.24, 2.45) is 0 Å². The Kier molecular flexibility index (Phi) is 8.02. The van der Waals surface area contributed by atoms with Crippen molar-refractivity contribution in [2.75, 3.05) is 46.5 Å². The van der Waals surface area contributed by atoms with Gasteiger partial charge in [0.25, 0.3) is 11.7 Å². The van der Waals surface area contributed by atoms with Crippen LogP contribution in [-0.4, -0.2) is 73.1 Å². The van der Waals surface area contributed by atoms with E-state index >= 15 is 0 Å². The molecule has 2 saturated heterocycles. The number of Topliss-reactive ketones (excluding diaryl/α,β-unsaturated/α-hetero) is 1. The smallest absolute Gasteiger partial charge is 0.295 e. The third-order valence-electron chi connectivity index (χ3n) is 6.44. The maximum Gasteiger partial charge on any atom is 0.295 e. The largest absolute Gasteiger partial charge is 0.507 e. The van der Waals surface area contributed by atoms with E-state index in [1.807, 2.05) is 6.92 Å². The average Bonchev–Trinajstić information content (AvgIpc) is 3.09. The van der Waals surface area contributed by atoms with Gasteiger partial charge in [-0.3, -0.25) is 14.5 Å². The van der Waals surface area contributed by atoms with Crippen LogP contribution in [-0.2, 0) is 14.3 Å². The molecule has 35 heavy (non-hydrogen) atoms. The van der Waals surface area contributed by atoms with Crippen LogP contribution in [0.5, 0.6) is 5.75 Å². The summed E-state index contributed by atoms with van der Waals surface area (Å²) in [5.41, 5.74) is 1.76. The summed E-state index contributed by atoms with van der Waals surface area (Å²) in [5, 5.41) is 12.0. The molecule has 1 N–H and O–H groups in total. The average molecular weight is 519 g/mol. The summed E-state index contributed by atoms with van der Waals surface area (Å²) >= 11 is 12.6. The number of methoxy groups -OCH3 is 1. The van der Waals surface area contributed by atoms with Crippen molar-refractivity contribution in [3.05, 3.63) is 68.7 Å². The van der Waals surface area contributed by atoms with Gasteiger partial charge in [0, 0.05) is 41.8 Å². The summed E-state index contributed by atoms with van der Waals surface area (Å²) in [6.45, 7) is 5.99. The maximum absolute atomic E-state index is 13.2. The van der Waals surface area contributed by atoms with Gasteiger partial charge in [-0.15, -0.1) is 0 Å². The third kappa shape index (κ3) is 5.33. The molecule has 1 atom stereocenters. The maximum atomic E-state index is 13.2. The highest BCUT2D eigenvalue weighted by atomic mass is 35.5. The molecule has 2 aliphatic rings. The number of halogens is 2. The Morgan fingerprint density at radius 3 is 2.51 bits per heavy atom. The van der Waals surface area contributed by atoms with Crippen molar-refractivity contribution >= 4 is 40.7 Å². The number of ether oxygens (including phenoxy) is 2. The minimum atomic E-state index is -0.827. The first kappa shape index (κ1) is 25.5. The number of rotatable bonds is 7. The summed E-state index contributed by atoms with van der Waals surface area (Å²) in [6.07, 6.45) is 0.663. The van der Waals surface area contributed by atoms with Crippen molar-refractivity contribution in [3.8, 4) is 5.75 Å². The molecule has 2 fully saturated rings. The van der Waals surface area contributed by atoms with Gasteiger partial charge >= 0.3 is 0 Å². The van der Waals surface area contributed by atoms with Crippen LogP contribution in [0.2, 0.25) is 10.0 Å². The number of amides is 1. The monoisotopic (exact) mass is 518 g/mol. The van der Waals surface area contributed by atoms with Gasteiger partial charge in [0.2, 0.25) is 0 Å². The van der Waals surface area contributed by atoms with Gasteiger partial charge in [0.05, 0.1) is 31.9 Å². The molecule has 1 amide bonds. The summed E-state index contributed by atoms with van der Waals surface area (Å²) in [6, 6.07) is 9.20. The Bertz CT molecular complexity index is 1160. The lowest BCUT2D eigenvalue weighted by molar-refractivity contribution is -0.140. The van der Waals surface area contributed by atoms with E-state index < -0.39 is 17.7 Å². The number of aliphatic hydroxyl groups excluding tert-OH is 1. The second-order valence-electron chi connectivity index (χ2n) is 8.65. The zero-order valence-corrected chi connectivity index (χ0v) is 21.2. The Hall–Kier alpha value is -2.58. The Morgan fingerprint density at radius 1 is 1.11 bits per heavy atom. The van der Waals surface area contributed by atoms with E-state index in [0.29, 0.717) is 53.1 Å². The molecule has 7 nitrogen and oxygen atoms in total. The van der Waals surface area contributed by atoms with Gasteiger partial charge in [-0.05, 0) is 54.8 Å². The highest BCUT2D eigenvalue weighted by Gasteiger charge is 2.46. The van der Waals surface area contributed by atoms with Crippen molar-refractivity contribution < 1.29 is 24.2 Å². The second kappa shape index (κ2) is 11.0. The summed E-state index contributed by atoms with van der Waals surface area (Å²) in [4.78, 5) is 30.2. The van der Waals surface area contributed by atoms with Crippen molar-refractivity contribution in [1.29, 1.82) is 0 Å². The molecule has 2 heterocycles. The normalized spacial score (nSPS) is 20.5. The van der Waals surface area contributed by atoms with Gasteiger partial charge in [-0.1, -0.05) is 29.3 Å². The highest BCUT2D eigenvalue weighted by molar-refractivity contribution is 6.47. The summed E-state index contributed by atoms with van der Waals surface area (Å²) in [5.74, 6) is -0.989. The van der Waals surface area contributed by atoms with E-state index in [4.69, 9.17) is 32.7 Å². The molecule has 2 aliphatic heterocycles. The lowest BCUT2D eigenvalue weighted by atomic mass is 9.94. The van der Waals surface area contributed by atoms with Crippen LogP contribution in [0.1, 0.15) is 29.2 Å². The van der Waals surface area contributed by atoms with E-state index in [1.165, 1.54) is 4.90 Å². The van der Waals surface area contributed by atoms with Crippen LogP contribution in [0.15, 0.2) is 42.0 Å². The Morgan fingerprint density at radius 2 is 1.86 bits per heavy atom. The number of benzene rings is 2. The third-order valence-corrected chi connectivity index (χ3v) is 7.00. The number of morpholine rings is 1. The zero-order chi connectivity index (χ0) is 25.1. The number of carbonyl (C=O) groups excluding carboxylic acids is 2. The van der Waals surface area contributed by atoms with Gasteiger partial charge in [-0.25, -0.2) is 0 Å². The van der Waals surface area contributed by atoms with Crippen LogP contribution >= 0.6 is 23.2 Å². The molecule has 0 radical (unpaired) electrons. The van der Waals surface area contributed by atoms with Crippen LogP contribution in [0, 0.1) is 6.92 Å². The standard InChI is InChI=1S/C26H28Cl2N2O5/c1-16-14-17(4-7-21(16)34-2)24(31)22-23(19-6-5-18(27)15-20(19)28)30(26(33)25(22)32)9-3-8-29-10-12-35-13-11-29/h4-7,14-15,23,31H,3,8-13H2,1-2H3/t23-/m0/s1. The van der Waals surface area contributed by atoms with E-state index in [-0.39, 0.29) is 11.3 Å². The molecule has 0 saturated carbocycles. The lowest BCUT2D eigenvalue weighted by Gasteiger charge is -2.29. The number of nitrogens with zero attached hydrogens (tertiary/aromatic N) is 2. The van der Waals surface area contributed by atoms with Crippen molar-refractivity contribution in [1.82, 2.24) is 9.80 Å². The van der Waals surface area contributed by atoms with Crippen molar-refractivity contribution in [2.45, 2.75) is 19.4 Å². The van der Waals surface area contributed by atoms with Crippen LogP contribution in [0.25, 0.3) is 5.76 Å². The minimum absolute atomic E-state index is 0.00941. The molecule has 0 spiro atoms.